The summed E-state index contributed by atoms with van der Waals surface area (Å²) in [6.07, 6.45) is 0. The molecule has 104 valence electrons. The summed E-state index contributed by atoms with van der Waals surface area (Å²) in [4.78, 5) is 43.4. The van der Waals surface area contributed by atoms with Gasteiger partial charge in [-0.15, -0.1) is 11.3 Å². The van der Waals surface area contributed by atoms with Gasteiger partial charge in [-0.05, 0) is 26.6 Å². The van der Waals surface area contributed by atoms with Gasteiger partial charge in [-0.1, -0.05) is 6.07 Å². The Hall–Kier alpha value is -0.0900. The molecule has 0 aliphatic rings. The molecule has 9 nitrogen and oxygen atoms in total. The van der Waals surface area contributed by atoms with Crippen LogP contribution >= 0.6 is 26.5 Å². The molecule has 0 unspecified atom stereocenters. The number of sulfone groups is 1. The minimum atomic E-state index is -6.46. The maximum absolute atomic E-state index is 11.7. The maximum atomic E-state index is 11.7. The van der Waals surface area contributed by atoms with E-state index in [2.05, 4.69) is 5.73 Å². The SMILES string of the molecule is NC(P(=O)([O-])[O-])(P(=O)([O-])[O-])S(=O)(=O)c1cccs1. The minimum Gasteiger partial charge on any atom is -0.808 e. The smallest absolute Gasteiger partial charge is 0.215 e. The van der Waals surface area contributed by atoms with E-state index in [4.69, 9.17) is 0 Å². The van der Waals surface area contributed by atoms with Crippen molar-refractivity contribution in [1.82, 2.24) is 0 Å². The molecular formula is C5H5NO8P2S2-4. The highest BCUT2D eigenvalue weighted by Gasteiger charge is 2.48. The highest BCUT2D eigenvalue weighted by Crippen LogP contribution is 2.61. The Kier molecular flexibility index (Phi) is 3.97. The van der Waals surface area contributed by atoms with Crippen molar-refractivity contribution in [3.8, 4) is 0 Å². The highest BCUT2D eigenvalue weighted by atomic mass is 32.2. The van der Waals surface area contributed by atoms with Crippen LogP contribution in [-0.2, 0) is 19.0 Å². The Balaban J connectivity index is 3.70. The van der Waals surface area contributed by atoms with Crippen LogP contribution in [0.25, 0.3) is 0 Å². The lowest BCUT2D eigenvalue weighted by molar-refractivity contribution is -0.331. The van der Waals surface area contributed by atoms with Gasteiger partial charge in [0, 0.05) is 0 Å². The number of hydrogen-bond acceptors (Lipinski definition) is 10. The molecule has 0 fully saturated rings. The molecule has 18 heavy (non-hydrogen) atoms. The lowest BCUT2D eigenvalue weighted by Gasteiger charge is -2.55. The number of thiophene rings is 1. The fourth-order valence-electron chi connectivity index (χ4n) is 1.01. The van der Waals surface area contributed by atoms with E-state index in [1.807, 2.05) is 0 Å². The van der Waals surface area contributed by atoms with Crippen LogP contribution in [0.4, 0.5) is 0 Å². The third kappa shape index (κ3) is 2.22. The number of rotatable bonds is 4. The normalized spacial score (nSPS) is 14.7. The Labute approximate surface area is 106 Å². The van der Waals surface area contributed by atoms with Crippen molar-refractivity contribution in [2.45, 2.75) is 8.56 Å². The molecule has 0 bridgehead atoms. The van der Waals surface area contributed by atoms with Crippen molar-refractivity contribution >= 4 is 36.4 Å². The van der Waals surface area contributed by atoms with Crippen LogP contribution in [0.2, 0.25) is 0 Å². The average Bonchev–Trinajstić information content (AvgIpc) is 2.65. The zero-order valence-corrected chi connectivity index (χ0v) is 11.7. The summed E-state index contributed by atoms with van der Waals surface area (Å²) >= 11 is 0.423. The first-order valence-electron chi connectivity index (χ1n) is 3.97. The van der Waals surface area contributed by atoms with E-state index in [0.717, 1.165) is 12.1 Å². The Morgan fingerprint density at radius 3 is 1.89 bits per heavy atom. The second kappa shape index (κ2) is 4.48. The fraction of sp³-hybridized carbons (Fsp3) is 0.200. The van der Waals surface area contributed by atoms with E-state index < -0.39 is 33.6 Å². The summed E-state index contributed by atoms with van der Waals surface area (Å²) in [5.41, 5.74) is 4.66. The monoisotopic (exact) mass is 333 g/mol. The summed E-state index contributed by atoms with van der Waals surface area (Å²) < 4.78 is 39.9. The first kappa shape index (κ1) is 16.0. The van der Waals surface area contributed by atoms with E-state index in [1.54, 1.807) is 0 Å². The molecule has 0 saturated carbocycles. The van der Waals surface area contributed by atoms with Crippen molar-refractivity contribution in [3.63, 3.8) is 0 Å². The van der Waals surface area contributed by atoms with Crippen LogP contribution in [0.15, 0.2) is 21.7 Å². The molecule has 1 rings (SSSR count). The molecule has 1 aromatic heterocycles. The summed E-state index contributed by atoms with van der Waals surface area (Å²) in [5, 5.41) is 1.17. The van der Waals surface area contributed by atoms with Crippen molar-refractivity contribution in [1.29, 1.82) is 0 Å². The number of nitrogens with two attached hydrogens (primary N) is 1. The second-order valence-corrected chi connectivity index (χ2v) is 10.7. The van der Waals surface area contributed by atoms with Crippen molar-refractivity contribution in [3.05, 3.63) is 17.5 Å². The molecule has 0 aliphatic carbocycles. The summed E-state index contributed by atoms with van der Waals surface area (Å²) in [5.74, 6) is 0. The lowest BCUT2D eigenvalue weighted by Crippen LogP contribution is -2.57. The van der Waals surface area contributed by atoms with Gasteiger partial charge in [0.25, 0.3) is 0 Å². The van der Waals surface area contributed by atoms with E-state index >= 15 is 0 Å². The second-order valence-electron chi connectivity index (χ2n) is 3.09. The van der Waals surface area contributed by atoms with Gasteiger partial charge < -0.3 is 34.4 Å². The van der Waals surface area contributed by atoms with Crippen LogP contribution in [0.1, 0.15) is 0 Å². The van der Waals surface area contributed by atoms with Crippen molar-refractivity contribution < 1.29 is 37.1 Å². The van der Waals surface area contributed by atoms with E-state index in [0.29, 0.717) is 11.3 Å². The molecule has 0 aliphatic heterocycles. The molecule has 0 aromatic carbocycles. The average molecular weight is 333 g/mol. The zero-order valence-electron chi connectivity index (χ0n) is 8.29. The van der Waals surface area contributed by atoms with E-state index in [1.165, 1.54) is 5.38 Å². The van der Waals surface area contributed by atoms with Gasteiger partial charge in [-0.3, -0.25) is 0 Å². The lowest BCUT2D eigenvalue weighted by atomic mass is 10.7. The summed E-state index contributed by atoms with van der Waals surface area (Å²) in [7, 11) is -18.3. The Morgan fingerprint density at radius 2 is 1.61 bits per heavy atom. The summed E-state index contributed by atoms with van der Waals surface area (Å²) in [6, 6.07) is 1.98. The van der Waals surface area contributed by atoms with Crippen LogP contribution in [-0.4, -0.2) is 12.8 Å². The largest absolute Gasteiger partial charge is 0.808 e. The zero-order chi connectivity index (χ0) is 14.4. The van der Waals surface area contributed by atoms with Crippen LogP contribution in [0.5, 0.6) is 0 Å². The minimum absolute atomic E-state index is 0.423. The summed E-state index contributed by atoms with van der Waals surface area (Å²) in [6.45, 7) is 0. The molecule has 0 atom stereocenters. The number of hydrogen-bond donors (Lipinski definition) is 1. The Bertz CT molecular complexity index is 602. The van der Waals surface area contributed by atoms with Crippen LogP contribution in [0, 0.1) is 0 Å². The van der Waals surface area contributed by atoms with Gasteiger partial charge in [-0.2, -0.15) is 0 Å². The third-order valence-electron chi connectivity index (χ3n) is 1.94. The fourth-order valence-corrected chi connectivity index (χ4v) is 7.59. The van der Waals surface area contributed by atoms with Gasteiger partial charge in [-0.25, -0.2) is 8.42 Å². The van der Waals surface area contributed by atoms with E-state index in [9.17, 15) is 37.1 Å². The van der Waals surface area contributed by atoms with E-state index in [-0.39, 0.29) is 0 Å². The van der Waals surface area contributed by atoms with Gasteiger partial charge in [0.2, 0.25) is 9.84 Å². The molecule has 0 amide bonds. The van der Waals surface area contributed by atoms with Gasteiger partial charge in [0.1, 0.15) is 4.21 Å². The third-order valence-corrected chi connectivity index (χ3v) is 10.8. The van der Waals surface area contributed by atoms with Crippen molar-refractivity contribution in [2.24, 2.45) is 5.73 Å². The predicted molar refractivity (Wildman–Crippen MR) is 53.6 cm³/mol. The molecule has 0 saturated heterocycles. The predicted octanol–water partition coefficient (Wildman–Crippen LogP) is -3.08. The topological polar surface area (TPSA) is 187 Å². The molecule has 0 radical (unpaired) electrons. The van der Waals surface area contributed by atoms with Gasteiger partial charge in [0.15, 0.2) is 4.35 Å². The van der Waals surface area contributed by atoms with Gasteiger partial charge in [0.05, 0.1) is 0 Å². The van der Waals surface area contributed by atoms with Crippen LogP contribution < -0.4 is 25.3 Å². The maximum Gasteiger partial charge on any atom is 0.215 e. The van der Waals surface area contributed by atoms with Gasteiger partial charge >= 0.3 is 0 Å². The van der Waals surface area contributed by atoms with Crippen molar-refractivity contribution in [2.75, 3.05) is 0 Å². The first-order chi connectivity index (χ1) is 7.86. The quantitative estimate of drug-likeness (QED) is 0.557. The molecule has 2 N–H and O–H groups in total. The molecule has 13 heteroatoms. The molecule has 1 aromatic rings. The Morgan fingerprint density at radius 1 is 1.17 bits per heavy atom. The molecule has 0 spiro atoms. The van der Waals surface area contributed by atoms with Crippen LogP contribution in [0.3, 0.4) is 0 Å². The first-order valence-corrected chi connectivity index (χ1v) is 9.42. The highest BCUT2D eigenvalue weighted by molar-refractivity contribution is 8.08. The molecular weight excluding hydrogens is 328 g/mol. The standard InChI is InChI=1S/C5H9NO8P2S2/c6-5(15(7,8)9,16(10,11)12)18(13,14)4-2-1-3-17-4/h1-3H,6H2,(H2,7,8,9)(H2,10,11,12)/p-4. The molecule has 1 heterocycles.